The van der Waals surface area contributed by atoms with Gasteiger partial charge in [-0.3, -0.25) is 4.79 Å². The molecule has 0 saturated carbocycles. The number of benzene rings is 1. The van der Waals surface area contributed by atoms with Crippen molar-refractivity contribution in [3.63, 3.8) is 0 Å². The first kappa shape index (κ1) is 14.7. The molecule has 0 saturated heterocycles. The average Bonchev–Trinajstić information content (AvgIpc) is 2.27. The fourth-order valence-electron chi connectivity index (χ4n) is 1.37. The van der Waals surface area contributed by atoms with E-state index in [1.807, 2.05) is 0 Å². The van der Waals surface area contributed by atoms with Gasteiger partial charge < -0.3 is 10.8 Å². The quantitative estimate of drug-likeness (QED) is 0.883. The number of primary amides is 1. The second kappa shape index (κ2) is 5.55. The number of aromatic carboxylic acids is 1. The number of amides is 1. The van der Waals surface area contributed by atoms with Gasteiger partial charge in [-0.2, -0.15) is 13.2 Å². The third-order valence-corrected chi connectivity index (χ3v) is 2.23. The summed E-state index contributed by atoms with van der Waals surface area (Å²) in [6.45, 7) is 0. The summed E-state index contributed by atoms with van der Waals surface area (Å²) in [6, 6.07) is 2.35. The number of hydrogen-bond acceptors (Lipinski definition) is 2. The normalized spacial score (nSPS) is 11.7. The highest BCUT2D eigenvalue weighted by molar-refractivity contribution is 5.92. The fourth-order valence-corrected chi connectivity index (χ4v) is 1.37. The van der Waals surface area contributed by atoms with Crippen LogP contribution in [-0.4, -0.2) is 17.0 Å². The van der Waals surface area contributed by atoms with Crippen molar-refractivity contribution in [2.75, 3.05) is 0 Å². The van der Waals surface area contributed by atoms with E-state index in [-0.39, 0.29) is 12.0 Å². The zero-order chi connectivity index (χ0) is 14.6. The van der Waals surface area contributed by atoms with E-state index in [9.17, 15) is 22.8 Å². The van der Waals surface area contributed by atoms with Crippen molar-refractivity contribution in [3.05, 3.63) is 41.0 Å². The molecule has 1 amide bonds. The number of carboxylic acids is 1. The molecule has 0 spiro atoms. The summed E-state index contributed by atoms with van der Waals surface area (Å²) in [5.74, 6) is -2.11. The van der Waals surface area contributed by atoms with Crippen LogP contribution in [0.5, 0.6) is 0 Å². The predicted molar refractivity (Wildman–Crippen MR) is 61.2 cm³/mol. The number of carboxylic acid groups (broad SMARTS) is 1. The van der Waals surface area contributed by atoms with Crippen LogP contribution in [0.4, 0.5) is 13.2 Å². The summed E-state index contributed by atoms with van der Waals surface area (Å²) in [4.78, 5) is 21.4. The Morgan fingerprint density at radius 1 is 1.32 bits per heavy atom. The monoisotopic (exact) mass is 273 g/mol. The molecule has 4 nitrogen and oxygen atoms in total. The molecule has 1 aromatic rings. The fraction of sp³-hybridized carbons (Fsp3) is 0.167. The van der Waals surface area contributed by atoms with Crippen LogP contribution in [0.2, 0.25) is 0 Å². The smallest absolute Gasteiger partial charge is 0.416 e. The highest BCUT2D eigenvalue weighted by atomic mass is 19.4. The minimum absolute atomic E-state index is 0.0711. The van der Waals surface area contributed by atoms with Gasteiger partial charge in [-0.25, -0.2) is 4.79 Å². The van der Waals surface area contributed by atoms with Crippen LogP contribution in [0.1, 0.15) is 27.9 Å². The maximum Gasteiger partial charge on any atom is 0.416 e. The Morgan fingerprint density at radius 3 is 2.42 bits per heavy atom. The molecule has 0 aliphatic heterocycles. The minimum atomic E-state index is -4.61. The van der Waals surface area contributed by atoms with Gasteiger partial charge in [0.15, 0.2) is 0 Å². The van der Waals surface area contributed by atoms with Gasteiger partial charge in [0.1, 0.15) is 0 Å². The molecule has 1 rings (SSSR count). The molecule has 0 aromatic heterocycles. The molecule has 0 heterocycles. The van der Waals surface area contributed by atoms with E-state index in [0.717, 1.165) is 12.1 Å². The lowest BCUT2D eigenvalue weighted by Gasteiger charge is -2.09. The van der Waals surface area contributed by atoms with Crippen molar-refractivity contribution in [2.45, 2.75) is 12.6 Å². The number of carbonyl (C=O) groups excluding carboxylic acids is 1. The summed E-state index contributed by atoms with van der Waals surface area (Å²) in [5, 5.41) is 8.87. The molecule has 19 heavy (non-hydrogen) atoms. The number of rotatable bonds is 4. The summed E-state index contributed by atoms with van der Waals surface area (Å²) in [5.41, 5.74) is 3.42. The van der Waals surface area contributed by atoms with Gasteiger partial charge >= 0.3 is 12.1 Å². The van der Waals surface area contributed by atoms with Crippen LogP contribution < -0.4 is 5.73 Å². The van der Waals surface area contributed by atoms with Crippen LogP contribution in [-0.2, 0) is 11.0 Å². The summed E-state index contributed by atoms with van der Waals surface area (Å²) >= 11 is 0. The second-order valence-corrected chi connectivity index (χ2v) is 3.68. The van der Waals surface area contributed by atoms with Crippen molar-refractivity contribution in [3.8, 4) is 0 Å². The zero-order valence-electron chi connectivity index (χ0n) is 9.57. The van der Waals surface area contributed by atoms with Crippen molar-refractivity contribution in [1.29, 1.82) is 0 Å². The first-order valence-corrected chi connectivity index (χ1v) is 5.11. The van der Waals surface area contributed by atoms with Gasteiger partial charge in [0.05, 0.1) is 11.1 Å². The Hall–Kier alpha value is -2.31. The number of alkyl halides is 3. The summed E-state index contributed by atoms with van der Waals surface area (Å²) in [7, 11) is 0. The molecule has 102 valence electrons. The van der Waals surface area contributed by atoms with Gasteiger partial charge in [0, 0.05) is 6.42 Å². The lowest BCUT2D eigenvalue weighted by atomic mass is 10.0. The molecular weight excluding hydrogens is 263 g/mol. The lowest BCUT2D eigenvalue weighted by Crippen LogP contribution is -2.09. The van der Waals surface area contributed by atoms with E-state index in [0.29, 0.717) is 6.07 Å². The van der Waals surface area contributed by atoms with E-state index in [4.69, 9.17) is 10.8 Å². The Bertz CT molecular complexity index is 536. The molecule has 0 aliphatic carbocycles. The van der Waals surface area contributed by atoms with Crippen LogP contribution >= 0.6 is 0 Å². The number of nitrogens with two attached hydrogens (primary N) is 1. The highest BCUT2D eigenvalue weighted by Gasteiger charge is 2.31. The topological polar surface area (TPSA) is 80.4 Å². The maximum absolute atomic E-state index is 12.4. The highest BCUT2D eigenvalue weighted by Crippen LogP contribution is 2.30. The Morgan fingerprint density at radius 2 is 1.95 bits per heavy atom. The number of halogens is 3. The van der Waals surface area contributed by atoms with Gasteiger partial charge in [-0.05, 0) is 17.7 Å². The molecule has 3 N–H and O–H groups in total. The van der Waals surface area contributed by atoms with Crippen molar-refractivity contribution >= 4 is 18.0 Å². The van der Waals surface area contributed by atoms with Crippen molar-refractivity contribution in [2.24, 2.45) is 5.73 Å². The molecule has 1 aromatic carbocycles. The average molecular weight is 273 g/mol. The molecule has 0 radical (unpaired) electrons. The predicted octanol–water partition coefficient (Wildman–Crippen LogP) is 2.29. The molecular formula is C12H10F3NO3. The summed E-state index contributed by atoms with van der Waals surface area (Å²) in [6.07, 6.45) is -2.20. The van der Waals surface area contributed by atoms with Crippen molar-refractivity contribution < 1.29 is 27.9 Å². The molecule has 0 unspecified atom stereocenters. The van der Waals surface area contributed by atoms with Crippen LogP contribution in [0.3, 0.4) is 0 Å². The molecule has 7 heteroatoms. The first-order valence-electron chi connectivity index (χ1n) is 5.11. The van der Waals surface area contributed by atoms with Gasteiger partial charge in [-0.1, -0.05) is 18.2 Å². The van der Waals surface area contributed by atoms with Crippen LogP contribution in [0, 0.1) is 0 Å². The zero-order valence-corrected chi connectivity index (χ0v) is 9.57. The Labute approximate surface area is 106 Å². The standard InChI is InChI=1S/C12H10F3NO3/c13-12(14,15)8-5-4-7(2-1-3-10(16)17)9(6-8)11(18)19/h1-2,4-6H,3H2,(H2,16,17)(H,18,19). The summed E-state index contributed by atoms with van der Waals surface area (Å²) < 4.78 is 37.3. The third-order valence-electron chi connectivity index (χ3n) is 2.23. The first-order chi connectivity index (χ1) is 8.71. The van der Waals surface area contributed by atoms with Crippen LogP contribution in [0.15, 0.2) is 24.3 Å². The largest absolute Gasteiger partial charge is 0.478 e. The molecule has 0 aliphatic rings. The Kier molecular flexibility index (Phi) is 4.31. The van der Waals surface area contributed by atoms with E-state index in [2.05, 4.69) is 0 Å². The number of carbonyl (C=O) groups is 2. The van der Waals surface area contributed by atoms with Gasteiger partial charge in [0.25, 0.3) is 0 Å². The Balaban J connectivity index is 3.16. The van der Waals surface area contributed by atoms with Gasteiger partial charge in [0.2, 0.25) is 5.91 Å². The molecule has 0 fully saturated rings. The molecule has 0 atom stereocenters. The second-order valence-electron chi connectivity index (χ2n) is 3.68. The third kappa shape index (κ3) is 4.13. The van der Waals surface area contributed by atoms with Gasteiger partial charge in [-0.15, -0.1) is 0 Å². The van der Waals surface area contributed by atoms with Crippen molar-refractivity contribution in [1.82, 2.24) is 0 Å². The minimum Gasteiger partial charge on any atom is -0.478 e. The van der Waals surface area contributed by atoms with E-state index < -0.39 is 29.2 Å². The van der Waals surface area contributed by atoms with E-state index in [1.54, 1.807) is 0 Å². The van der Waals surface area contributed by atoms with E-state index in [1.165, 1.54) is 12.2 Å². The van der Waals surface area contributed by atoms with E-state index >= 15 is 0 Å². The molecule has 0 bridgehead atoms. The lowest BCUT2D eigenvalue weighted by molar-refractivity contribution is -0.137. The SMILES string of the molecule is NC(=O)CC=Cc1ccc(C(F)(F)F)cc1C(=O)O. The maximum atomic E-state index is 12.4. The van der Waals surface area contributed by atoms with Crippen LogP contribution in [0.25, 0.3) is 6.08 Å². The number of hydrogen-bond donors (Lipinski definition) is 2.